The van der Waals surface area contributed by atoms with Crippen LogP contribution in [0.2, 0.25) is 5.02 Å². The van der Waals surface area contributed by atoms with Crippen LogP contribution in [-0.2, 0) is 0 Å². The molecule has 1 fully saturated rings. The molecule has 7 heteroatoms. The number of rotatable bonds is 6. The molecule has 0 unspecified atom stereocenters. The molecule has 0 atom stereocenters. The molecule has 1 aliphatic carbocycles. The molecule has 0 aliphatic heterocycles. The molecule has 2 aromatic carbocycles. The van der Waals surface area contributed by atoms with E-state index in [1.807, 2.05) is 30.3 Å². The number of nitrogens with one attached hydrogen (secondary N) is 1. The number of nitrogens with zero attached hydrogens (tertiary/aromatic N) is 2. The maximum atomic E-state index is 13.0. The average molecular weight is 508 g/mol. The Hall–Kier alpha value is -2.96. The predicted octanol–water partition coefficient (Wildman–Crippen LogP) is 7.12. The highest BCUT2D eigenvalue weighted by Crippen LogP contribution is 2.28. The van der Waals surface area contributed by atoms with Crippen molar-refractivity contribution in [1.29, 1.82) is 0 Å². The van der Waals surface area contributed by atoms with Crippen LogP contribution in [0.1, 0.15) is 57.1 Å². The van der Waals surface area contributed by atoms with Gasteiger partial charge in [-0.2, -0.15) is 0 Å². The number of benzene rings is 2. The van der Waals surface area contributed by atoms with Crippen molar-refractivity contribution in [2.45, 2.75) is 52.0 Å². The van der Waals surface area contributed by atoms with Gasteiger partial charge < -0.3 is 5.11 Å². The van der Waals surface area contributed by atoms with Gasteiger partial charge in [0, 0.05) is 5.02 Å². The fraction of sp³-hybridized carbons (Fsp3) is 0.321. The summed E-state index contributed by atoms with van der Waals surface area (Å²) < 4.78 is 1.55. The summed E-state index contributed by atoms with van der Waals surface area (Å²) in [6.45, 7) is 4.15. The molecular weight excluding hydrogens is 478 g/mol. The van der Waals surface area contributed by atoms with E-state index in [1.54, 1.807) is 30.3 Å². The van der Waals surface area contributed by atoms with Gasteiger partial charge in [0.2, 0.25) is 5.88 Å². The summed E-state index contributed by atoms with van der Waals surface area (Å²) in [4.78, 5) is 20.9. The van der Waals surface area contributed by atoms with Crippen molar-refractivity contribution in [2.24, 2.45) is 10.9 Å². The Bertz CT molecular complexity index is 1350. The van der Waals surface area contributed by atoms with Gasteiger partial charge in [0.1, 0.15) is 5.56 Å². The molecule has 0 amide bonds. The third-order valence-electron chi connectivity index (χ3n) is 6.33. The minimum Gasteiger partial charge on any atom is -0.494 e. The highest BCUT2D eigenvalue weighted by atomic mass is 35.5. The number of allylic oxidation sites excluding steroid dienone is 1. The molecule has 4 rings (SSSR count). The maximum Gasteiger partial charge on any atom is 0.262 e. The molecule has 0 spiro atoms. The zero-order valence-corrected chi connectivity index (χ0v) is 21.6. The lowest BCUT2D eigenvalue weighted by Crippen LogP contribution is -2.20. The Labute approximate surface area is 215 Å². The van der Waals surface area contributed by atoms with E-state index in [2.05, 4.69) is 18.8 Å². The highest BCUT2D eigenvalue weighted by Gasteiger charge is 2.21. The fourth-order valence-electron chi connectivity index (χ4n) is 4.47. The first-order valence-electron chi connectivity index (χ1n) is 12.0. The lowest BCUT2D eigenvalue weighted by Gasteiger charge is -2.22. The number of aromatic hydroxyl groups is 1. The van der Waals surface area contributed by atoms with Crippen molar-refractivity contribution in [3.05, 3.63) is 91.4 Å². The number of aromatic nitrogens is 2. The van der Waals surface area contributed by atoms with Crippen molar-refractivity contribution in [3.8, 4) is 11.6 Å². The van der Waals surface area contributed by atoms with Gasteiger partial charge in [-0.25, -0.2) is 0 Å². The van der Waals surface area contributed by atoms with Crippen LogP contribution in [-0.4, -0.2) is 26.4 Å². The van der Waals surface area contributed by atoms with E-state index in [0.29, 0.717) is 10.7 Å². The zero-order chi connectivity index (χ0) is 24.9. The van der Waals surface area contributed by atoms with E-state index in [-0.39, 0.29) is 28.2 Å². The Balaban J connectivity index is 1.90. The molecule has 0 radical (unpaired) electrons. The van der Waals surface area contributed by atoms with Crippen LogP contribution in [0.5, 0.6) is 5.88 Å². The molecule has 35 heavy (non-hydrogen) atoms. The largest absolute Gasteiger partial charge is 0.494 e. The average Bonchev–Trinajstić information content (AvgIpc) is 2.85. The molecule has 1 saturated carbocycles. The second-order valence-electron chi connectivity index (χ2n) is 9.20. The van der Waals surface area contributed by atoms with Gasteiger partial charge in [-0.3, -0.25) is 19.3 Å². The first-order chi connectivity index (χ1) is 16.8. The number of aromatic amines is 1. The normalized spacial score (nSPS) is 15.5. The quantitative estimate of drug-likeness (QED) is 0.276. The summed E-state index contributed by atoms with van der Waals surface area (Å²) in [7, 11) is 0. The number of H-pyrrole nitrogens is 1. The number of hydrogen-bond acceptors (Lipinski definition) is 4. The van der Waals surface area contributed by atoms with Crippen LogP contribution in [0.3, 0.4) is 0 Å². The summed E-state index contributed by atoms with van der Waals surface area (Å²) >= 11 is 11.4. The van der Waals surface area contributed by atoms with Crippen LogP contribution in [0.15, 0.2) is 70.0 Å². The van der Waals surface area contributed by atoms with Crippen LogP contribution >= 0.6 is 23.8 Å². The van der Waals surface area contributed by atoms with E-state index in [1.165, 1.54) is 23.8 Å². The molecule has 0 saturated heterocycles. The fourth-order valence-corrected chi connectivity index (χ4v) is 4.88. The standard InChI is InChI=1S/C28H30ClN3O2S/c1-18(2)23(25(19-9-5-3-6-10-19)30-21-11-7-4-8-12-21)17-24-26(33)31-28(35)32(27(24)34)22-15-13-20(29)14-16-22/h3,5-6,9-10,13-18,21,34H,4,7-8,11-12H2,1-2H3,(H,31,33,35). The van der Waals surface area contributed by atoms with Gasteiger partial charge >= 0.3 is 0 Å². The third kappa shape index (κ3) is 5.82. The van der Waals surface area contributed by atoms with Gasteiger partial charge in [0.15, 0.2) is 4.77 Å². The molecule has 3 aromatic rings. The summed E-state index contributed by atoms with van der Waals surface area (Å²) in [5.74, 6) is -0.159. The summed E-state index contributed by atoms with van der Waals surface area (Å²) in [6.07, 6.45) is 7.50. The minimum atomic E-state index is -0.444. The number of aliphatic imine (C=N–C) groups is 1. The van der Waals surface area contributed by atoms with Gasteiger partial charge in [-0.1, -0.05) is 75.0 Å². The van der Waals surface area contributed by atoms with Gasteiger partial charge in [-0.05, 0) is 72.5 Å². The highest BCUT2D eigenvalue weighted by molar-refractivity contribution is 7.71. The van der Waals surface area contributed by atoms with Crippen molar-refractivity contribution < 1.29 is 5.11 Å². The van der Waals surface area contributed by atoms with E-state index >= 15 is 0 Å². The molecule has 182 valence electrons. The van der Waals surface area contributed by atoms with E-state index in [9.17, 15) is 9.90 Å². The molecule has 2 N–H and O–H groups in total. The zero-order valence-electron chi connectivity index (χ0n) is 20.0. The summed E-state index contributed by atoms with van der Waals surface area (Å²) in [5.41, 5.74) is 3.06. The van der Waals surface area contributed by atoms with Crippen LogP contribution in [0, 0.1) is 10.7 Å². The monoisotopic (exact) mass is 507 g/mol. The molecule has 5 nitrogen and oxygen atoms in total. The second-order valence-corrected chi connectivity index (χ2v) is 10.0. The molecule has 1 heterocycles. The van der Waals surface area contributed by atoms with E-state index in [4.69, 9.17) is 28.8 Å². The van der Waals surface area contributed by atoms with Crippen LogP contribution < -0.4 is 5.56 Å². The first kappa shape index (κ1) is 25.1. The molecule has 0 bridgehead atoms. The first-order valence-corrected chi connectivity index (χ1v) is 12.8. The molecule has 1 aliphatic rings. The number of halogens is 1. The smallest absolute Gasteiger partial charge is 0.262 e. The molecule has 1 aromatic heterocycles. The van der Waals surface area contributed by atoms with Crippen molar-refractivity contribution in [1.82, 2.24) is 9.55 Å². The van der Waals surface area contributed by atoms with E-state index < -0.39 is 5.56 Å². The van der Waals surface area contributed by atoms with Crippen molar-refractivity contribution in [2.75, 3.05) is 0 Å². The van der Waals surface area contributed by atoms with Gasteiger partial charge in [0.05, 0.1) is 17.4 Å². The van der Waals surface area contributed by atoms with Gasteiger partial charge in [0.25, 0.3) is 5.56 Å². The lowest BCUT2D eigenvalue weighted by atomic mass is 9.90. The Morgan fingerprint density at radius 3 is 2.40 bits per heavy atom. The van der Waals surface area contributed by atoms with Crippen molar-refractivity contribution >= 4 is 35.6 Å². The Morgan fingerprint density at radius 2 is 1.77 bits per heavy atom. The Kier molecular flexibility index (Phi) is 8.04. The third-order valence-corrected chi connectivity index (χ3v) is 6.87. The minimum absolute atomic E-state index is 0.0588. The number of hydrogen-bond donors (Lipinski definition) is 2. The van der Waals surface area contributed by atoms with E-state index in [0.717, 1.165) is 29.7 Å². The SMILES string of the molecule is CC(C)C(=Cc1c(O)n(-c2ccc(Cl)cc2)c(=S)[nH]c1=O)C(=NC1CCCCC1)c1ccccc1. The topological polar surface area (TPSA) is 70.4 Å². The molecular formula is C28H30ClN3O2S. The Morgan fingerprint density at radius 1 is 1.11 bits per heavy atom. The summed E-state index contributed by atoms with van der Waals surface area (Å²) in [5, 5.41) is 11.8. The second kappa shape index (κ2) is 11.2. The predicted molar refractivity (Wildman–Crippen MR) is 147 cm³/mol. The lowest BCUT2D eigenvalue weighted by molar-refractivity contribution is 0.432. The maximum absolute atomic E-state index is 13.0. The summed E-state index contributed by atoms with van der Waals surface area (Å²) in [6, 6.07) is 17.2. The van der Waals surface area contributed by atoms with Gasteiger partial charge in [-0.15, -0.1) is 0 Å². The van der Waals surface area contributed by atoms with Crippen LogP contribution in [0.4, 0.5) is 0 Å². The van der Waals surface area contributed by atoms with Crippen molar-refractivity contribution in [3.63, 3.8) is 0 Å². The van der Waals surface area contributed by atoms with Crippen LogP contribution in [0.25, 0.3) is 11.8 Å².